The molecule has 3 fully saturated rings. The molecule has 35 heavy (non-hydrogen) atoms. The number of nitrogens with one attached hydrogen (secondary N) is 1. The van der Waals surface area contributed by atoms with Gasteiger partial charge in [-0.05, 0) is 62.1 Å². The first-order valence-corrected chi connectivity index (χ1v) is 12.3. The van der Waals surface area contributed by atoms with Gasteiger partial charge in [0.2, 0.25) is 11.8 Å². The summed E-state index contributed by atoms with van der Waals surface area (Å²) in [6.45, 7) is 1.45. The normalized spacial score (nSPS) is 19.6. The molecule has 5 rings (SSSR count). The summed E-state index contributed by atoms with van der Waals surface area (Å²) in [7, 11) is 1.59. The maximum absolute atomic E-state index is 13.8. The Morgan fingerprint density at radius 1 is 1.03 bits per heavy atom. The summed E-state index contributed by atoms with van der Waals surface area (Å²) >= 11 is 0. The monoisotopic (exact) mass is 476 g/mol. The first-order chi connectivity index (χ1) is 17.0. The maximum atomic E-state index is 13.8. The molecule has 1 saturated carbocycles. The van der Waals surface area contributed by atoms with Gasteiger partial charge in [0.25, 0.3) is 5.91 Å². The Kier molecular flexibility index (Phi) is 6.36. The third-order valence-corrected chi connectivity index (χ3v) is 7.65. The van der Waals surface area contributed by atoms with Crippen LogP contribution >= 0.6 is 0 Å². The van der Waals surface area contributed by atoms with Gasteiger partial charge in [0.05, 0.1) is 13.8 Å². The summed E-state index contributed by atoms with van der Waals surface area (Å²) < 4.78 is 5.16. The van der Waals surface area contributed by atoms with Crippen LogP contribution in [-0.4, -0.2) is 66.5 Å². The second-order valence-electron chi connectivity index (χ2n) is 9.67. The molecule has 0 atom stereocenters. The van der Waals surface area contributed by atoms with E-state index in [1.54, 1.807) is 36.3 Å². The third kappa shape index (κ3) is 4.45. The average molecular weight is 477 g/mol. The van der Waals surface area contributed by atoms with Crippen molar-refractivity contribution < 1.29 is 19.1 Å². The van der Waals surface area contributed by atoms with E-state index in [1.807, 2.05) is 35.2 Å². The van der Waals surface area contributed by atoms with Crippen molar-refractivity contribution in [1.82, 2.24) is 9.80 Å². The number of ether oxygens (including phenoxy) is 1. The van der Waals surface area contributed by atoms with E-state index in [-0.39, 0.29) is 30.2 Å². The Labute approximate surface area is 205 Å². The fourth-order valence-electron chi connectivity index (χ4n) is 5.38. The Bertz CT molecular complexity index is 1080. The lowest BCUT2D eigenvalue weighted by atomic mass is 9.81. The van der Waals surface area contributed by atoms with Crippen LogP contribution in [0.25, 0.3) is 0 Å². The minimum atomic E-state index is -0.738. The number of hydrogen-bond acceptors (Lipinski definition) is 5. The molecule has 1 N–H and O–H groups in total. The largest absolute Gasteiger partial charge is 0.497 e. The molecule has 2 aromatic carbocycles. The van der Waals surface area contributed by atoms with E-state index < -0.39 is 5.54 Å². The molecule has 1 aliphatic carbocycles. The topological polar surface area (TPSA) is 82.2 Å². The molecule has 3 amide bonds. The number of methoxy groups -OCH3 is 1. The standard InChI is InChI=1S/C27H32N4O4/c1-35-23-12-10-21(11-13-23)28-24(32)18-30-19-31(22-8-3-2-4-9-22)27(26(30)34)14-16-29(17-15-27)25(33)20-6-5-7-20/h2-4,8-13,20H,5-7,14-19H2,1H3,(H,28,32). The number of anilines is 2. The number of likely N-dealkylation sites (tertiary alicyclic amines) is 1. The molecule has 0 bridgehead atoms. The molecule has 0 unspecified atom stereocenters. The molecule has 0 aromatic heterocycles. The highest BCUT2D eigenvalue weighted by Gasteiger charge is 2.54. The van der Waals surface area contributed by atoms with Gasteiger partial charge in [-0.2, -0.15) is 0 Å². The number of benzene rings is 2. The molecule has 2 aliphatic heterocycles. The highest BCUT2D eigenvalue weighted by molar-refractivity contribution is 5.99. The van der Waals surface area contributed by atoms with Crippen LogP contribution in [0.2, 0.25) is 0 Å². The Morgan fingerprint density at radius 3 is 2.31 bits per heavy atom. The van der Waals surface area contributed by atoms with Gasteiger partial charge in [0.1, 0.15) is 17.8 Å². The van der Waals surface area contributed by atoms with Crippen molar-refractivity contribution in [3.05, 3.63) is 54.6 Å². The fraction of sp³-hybridized carbons (Fsp3) is 0.444. The summed E-state index contributed by atoms with van der Waals surface area (Å²) in [5, 5.41) is 2.87. The number of piperidine rings is 1. The lowest BCUT2D eigenvalue weighted by Gasteiger charge is -2.44. The van der Waals surface area contributed by atoms with Gasteiger partial charge >= 0.3 is 0 Å². The molecule has 2 saturated heterocycles. The van der Waals surface area contributed by atoms with Crippen LogP contribution in [0.3, 0.4) is 0 Å². The van der Waals surface area contributed by atoms with Crippen LogP contribution in [0.1, 0.15) is 32.1 Å². The Balaban J connectivity index is 1.31. The van der Waals surface area contributed by atoms with E-state index in [1.165, 1.54) is 0 Å². The molecule has 184 valence electrons. The van der Waals surface area contributed by atoms with Crippen LogP contribution in [0.15, 0.2) is 54.6 Å². The lowest BCUT2D eigenvalue weighted by molar-refractivity contribution is -0.143. The number of hydrogen-bond donors (Lipinski definition) is 1. The lowest BCUT2D eigenvalue weighted by Crippen LogP contribution is -2.58. The Hall–Kier alpha value is -3.55. The van der Waals surface area contributed by atoms with Crippen LogP contribution in [0, 0.1) is 5.92 Å². The predicted octanol–water partition coefficient (Wildman–Crippen LogP) is 3.10. The van der Waals surface area contributed by atoms with Gasteiger partial charge in [-0.3, -0.25) is 14.4 Å². The third-order valence-electron chi connectivity index (χ3n) is 7.65. The van der Waals surface area contributed by atoms with Gasteiger partial charge in [-0.25, -0.2) is 0 Å². The Morgan fingerprint density at radius 2 is 1.71 bits per heavy atom. The van der Waals surface area contributed by atoms with Crippen molar-refractivity contribution in [2.75, 3.05) is 43.6 Å². The second kappa shape index (κ2) is 9.60. The number of amides is 3. The zero-order valence-electron chi connectivity index (χ0n) is 20.1. The second-order valence-corrected chi connectivity index (χ2v) is 9.67. The van der Waals surface area contributed by atoms with Crippen LogP contribution < -0.4 is 15.0 Å². The minimum absolute atomic E-state index is 0.0271. The number of nitrogens with zero attached hydrogens (tertiary/aromatic N) is 3. The van der Waals surface area contributed by atoms with Crippen molar-refractivity contribution in [2.45, 2.75) is 37.6 Å². The van der Waals surface area contributed by atoms with Crippen molar-refractivity contribution in [1.29, 1.82) is 0 Å². The average Bonchev–Trinajstić information content (AvgIpc) is 3.10. The zero-order chi connectivity index (χ0) is 24.4. The molecule has 8 nitrogen and oxygen atoms in total. The molecular formula is C27H32N4O4. The molecule has 8 heteroatoms. The van der Waals surface area contributed by atoms with Crippen LogP contribution in [-0.2, 0) is 14.4 Å². The first kappa shape index (κ1) is 23.2. The number of carbonyl (C=O) groups is 3. The molecular weight excluding hydrogens is 444 g/mol. The number of carbonyl (C=O) groups excluding carboxylic acids is 3. The van der Waals surface area contributed by atoms with Crippen molar-refractivity contribution >= 4 is 29.1 Å². The van der Waals surface area contributed by atoms with Gasteiger partial charge in [0, 0.05) is 30.4 Å². The van der Waals surface area contributed by atoms with E-state index in [0.29, 0.717) is 44.0 Å². The summed E-state index contributed by atoms with van der Waals surface area (Å²) in [5.74, 6) is 0.818. The summed E-state index contributed by atoms with van der Waals surface area (Å²) in [6, 6.07) is 17.0. The van der Waals surface area contributed by atoms with Gasteiger partial charge in [-0.1, -0.05) is 24.6 Å². The highest BCUT2D eigenvalue weighted by atomic mass is 16.5. The van der Waals surface area contributed by atoms with E-state index in [0.717, 1.165) is 24.9 Å². The fourth-order valence-corrected chi connectivity index (χ4v) is 5.38. The van der Waals surface area contributed by atoms with Gasteiger partial charge in [0.15, 0.2) is 0 Å². The van der Waals surface area contributed by atoms with Gasteiger partial charge < -0.3 is 24.8 Å². The van der Waals surface area contributed by atoms with Gasteiger partial charge in [-0.15, -0.1) is 0 Å². The molecule has 1 spiro atoms. The first-order valence-electron chi connectivity index (χ1n) is 12.3. The smallest absolute Gasteiger partial charge is 0.250 e. The van der Waals surface area contributed by atoms with Crippen molar-refractivity contribution in [2.24, 2.45) is 5.92 Å². The van der Waals surface area contributed by atoms with Crippen LogP contribution in [0.5, 0.6) is 5.75 Å². The predicted molar refractivity (Wildman–Crippen MR) is 133 cm³/mol. The quantitative estimate of drug-likeness (QED) is 0.693. The van der Waals surface area contributed by atoms with Crippen molar-refractivity contribution in [3.63, 3.8) is 0 Å². The van der Waals surface area contributed by atoms with E-state index in [9.17, 15) is 14.4 Å². The van der Waals surface area contributed by atoms with E-state index in [2.05, 4.69) is 10.2 Å². The number of para-hydroxylation sites is 1. The highest BCUT2D eigenvalue weighted by Crippen LogP contribution is 2.40. The molecule has 2 heterocycles. The zero-order valence-corrected chi connectivity index (χ0v) is 20.1. The SMILES string of the molecule is COc1ccc(NC(=O)CN2CN(c3ccccc3)C3(CCN(C(=O)C4CCC4)CC3)C2=O)cc1. The summed E-state index contributed by atoms with van der Waals surface area (Å²) in [5.41, 5.74) is 0.871. The van der Waals surface area contributed by atoms with E-state index >= 15 is 0 Å². The molecule has 3 aliphatic rings. The molecule has 0 radical (unpaired) electrons. The summed E-state index contributed by atoms with van der Waals surface area (Å²) in [6.07, 6.45) is 4.22. The van der Waals surface area contributed by atoms with Crippen molar-refractivity contribution in [3.8, 4) is 5.75 Å². The maximum Gasteiger partial charge on any atom is 0.250 e. The number of rotatable bonds is 6. The summed E-state index contributed by atoms with van der Waals surface area (Å²) in [4.78, 5) is 45.1. The van der Waals surface area contributed by atoms with E-state index in [4.69, 9.17) is 4.74 Å². The molecule has 2 aromatic rings. The minimum Gasteiger partial charge on any atom is -0.497 e. The van der Waals surface area contributed by atoms with Crippen LogP contribution in [0.4, 0.5) is 11.4 Å².